The van der Waals surface area contributed by atoms with E-state index in [9.17, 15) is 0 Å². The molecule has 10 rings (SSSR count). The van der Waals surface area contributed by atoms with E-state index in [0.29, 0.717) is 5.82 Å². The van der Waals surface area contributed by atoms with E-state index in [1.165, 1.54) is 60.5 Å². The molecule has 0 saturated carbocycles. The number of hydrogen-bond donors (Lipinski definition) is 0. The largest absolute Gasteiger partial charge is 0.228 e. The first-order valence-electron chi connectivity index (χ1n) is 18.3. The number of fused-ring (bicyclic) bond motifs is 5. The van der Waals surface area contributed by atoms with E-state index < -0.39 is 0 Å². The van der Waals surface area contributed by atoms with Gasteiger partial charge in [0.1, 0.15) is 0 Å². The predicted molar refractivity (Wildman–Crippen MR) is 222 cm³/mol. The minimum atomic E-state index is -0.134. The lowest BCUT2D eigenvalue weighted by molar-refractivity contribution is 0.661. The summed E-state index contributed by atoms with van der Waals surface area (Å²) in [5.41, 5.74) is 14.8. The topological polar surface area (TPSA) is 25.8 Å². The molecule has 250 valence electrons. The lowest BCUT2D eigenvalue weighted by atomic mass is 9.81. The fourth-order valence-electron chi connectivity index (χ4n) is 8.25. The molecule has 0 amide bonds. The highest BCUT2D eigenvalue weighted by molar-refractivity contribution is 6.00. The summed E-state index contributed by atoms with van der Waals surface area (Å²) in [7, 11) is 0. The summed E-state index contributed by atoms with van der Waals surface area (Å²) >= 11 is 0. The van der Waals surface area contributed by atoms with Gasteiger partial charge in [-0.3, -0.25) is 0 Å². The molecule has 9 aromatic rings. The van der Waals surface area contributed by atoms with E-state index in [-0.39, 0.29) is 5.41 Å². The fraction of sp³-hybridized carbons (Fsp3) is 0.0588. The smallest absolute Gasteiger partial charge is 0.160 e. The van der Waals surface area contributed by atoms with Crippen LogP contribution < -0.4 is 0 Å². The molecule has 0 spiro atoms. The number of benzene rings is 8. The third-order valence-corrected chi connectivity index (χ3v) is 11.0. The second kappa shape index (κ2) is 12.3. The van der Waals surface area contributed by atoms with Crippen molar-refractivity contribution >= 4 is 21.5 Å². The molecule has 0 saturated heterocycles. The van der Waals surface area contributed by atoms with Crippen LogP contribution in [0.1, 0.15) is 25.0 Å². The van der Waals surface area contributed by atoms with Crippen molar-refractivity contribution in [2.75, 3.05) is 0 Å². The number of aromatic nitrogens is 2. The van der Waals surface area contributed by atoms with Crippen molar-refractivity contribution in [1.82, 2.24) is 9.97 Å². The Bertz CT molecular complexity index is 2790. The average Bonchev–Trinajstić information content (AvgIpc) is 3.45. The Labute approximate surface area is 310 Å². The minimum Gasteiger partial charge on any atom is -0.228 e. The predicted octanol–water partition coefficient (Wildman–Crippen LogP) is 13.4. The van der Waals surface area contributed by atoms with Crippen molar-refractivity contribution in [3.63, 3.8) is 0 Å². The van der Waals surface area contributed by atoms with Crippen molar-refractivity contribution < 1.29 is 0 Å². The third-order valence-electron chi connectivity index (χ3n) is 11.0. The normalized spacial score (nSPS) is 12.9. The van der Waals surface area contributed by atoms with Gasteiger partial charge in [-0.15, -0.1) is 0 Å². The first-order chi connectivity index (χ1) is 26.0. The second-order valence-corrected chi connectivity index (χ2v) is 14.7. The van der Waals surface area contributed by atoms with Crippen LogP contribution in [0.2, 0.25) is 0 Å². The summed E-state index contributed by atoms with van der Waals surface area (Å²) < 4.78 is 0. The lowest BCUT2D eigenvalue weighted by Gasteiger charge is -2.22. The van der Waals surface area contributed by atoms with Gasteiger partial charge in [0.2, 0.25) is 0 Å². The Hall–Kier alpha value is -6.64. The highest BCUT2D eigenvalue weighted by atomic mass is 14.9. The highest BCUT2D eigenvalue weighted by Crippen LogP contribution is 2.53. The van der Waals surface area contributed by atoms with Gasteiger partial charge < -0.3 is 0 Å². The maximum Gasteiger partial charge on any atom is 0.160 e. The van der Waals surface area contributed by atoms with Gasteiger partial charge in [-0.25, -0.2) is 9.97 Å². The molecular formula is C51H36N2. The average molecular weight is 677 g/mol. The molecule has 2 heteroatoms. The molecule has 1 heterocycles. The zero-order valence-electron chi connectivity index (χ0n) is 29.7. The Balaban J connectivity index is 1.24. The van der Waals surface area contributed by atoms with Crippen LogP contribution >= 0.6 is 0 Å². The van der Waals surface area contributed by atoms with Gasteiger partial charge in [0.15, 0.2) is 5.82 Å². The molecule has 0 fully saturated rings. The van der Waals surface area contributed by atoms with E-state index in [0.717, 1.165) is 33.6 Å². The van der Waals surface area contributed by atoms with Crippen molar-refractivity contribution in [3.05, 3.63) is 193 Å². The summed E-state index contributed by atoms with van der Waals surface area (Å²) in [6, 6.07) is 65.6. The number of nitrogens with zero attached hydrogens (tertiary/aromatic N) is 2. The Morgan fingerprint density at radius 3 is 1.66 bits per heavy atom. The molecular weight excluding hydrogens is 641 g/mol. The van der Waals surface area contributed by atoms with Crippen LogP contribution in [0.3, 0.4) is 0 Å². The lowest BCUT2D eigenvalue weighted by Crippen LogP contribution is -2.14. The Morgan fingerprint density at radius 1 is 0.340 bits per heavy atom. The molecule has 0 aliphatic heterocycles. The molecule has 0 bridgehead atoms. The molecule has 0 unspecified atom stereocenters. The van der Waals surface area contributed by atoms with Crippen molar-refractivity contribution in [2.24, 2.45) is 0 Å². The van der Waals surface area contributed by atoms with Crippen molar-refractivity contribution in [2.45, 2.75) is 19.3 Å². The van der Waals surface area contributed by atoms with Crippen LogP contribution in [0.5, 0.6) is 0 Å². The summed E-state index contributed by atoms with van der Waals surface area (Å²) in [6.45, 7) is 4.73. The summed E-state index contributed by atoms with van der Waals surface area (Å²) in [5.74, 6) is 0.711. The monoisotopic (exact) mass is 676 g/mol. The molecule has 53 heavy (non-hydrogen) atoms. The zero-order valence-corrected chi connectivity index (χ0v) is 29.7. The van der Waals surface area contributed by atoms with Crippen LogP contribution in [-0.2, 0) is 5.41 Å². The molecule has 0 N–H and O–H groups in total. The van der Waals surface area contributed by atoms with Gasteiger partial charge in [-0.05, 0) is 109 Å². The molecule has 8 aromatic carbocycles. The van der Waals surface area contributed by atoms with Crippen LogP contribution in [0.15, 0.2) is 182 Å². The summed E-state index contributed by atoms with van der Waals surface area (Å²) in [4.78, 5) is 10.4. The van der Waals surface area contributed by atoms with Gasteiger partial charge in [0.25, 0.3) is 0 Å². The number of rotatable bonds is 5. The third kappa shape index (κ3) is 5.34. The van der Waals surface area contributed by atoms with E-state index in [1.54, 1.807) is 0 Å². The van der Waals surface area contributed by atoms with Gasteiger partial charge in [0, 0.05) is 22.1 Å². The molecule has 1 aromatic heterocycles. The maximum absolute atomic E-state index is 5.27. The quantitative estimate of drug-likeness (QED) is 0.181. The van der Waals surface area contributed by atoms with E-state index >= 15 is 0 Å². The van der Waals surface area contributed by atoms with Crippen LogP contribution in [0.25, 0.3) is 88.8 Å². The van der Waals surface area contributed by atoms with Gasteiger partial charge in [-0.1, -0.05) is 153 Å². The van der Waals surface area contributed by atoms with E-state index in [1.807, 2.05) is 24.3 Å². The highest BCUT2D eigenvalue weighted by Gasteiger charge is 2.37. The fourth-order valence-corrected chi connectivity index (χ4v) is 8.25. The van der Waals surface area contributed by atoms with Crippen molar-refractivity contribution in [3.8, 4) is 67.3 Å². The van der Waals surface area contributed by atoms with Crippen LogP contribution in [0, 0.1) is 0 Å². The summed E-state index contributed by atoms with van der Waals surface area (Å²) in [6.07, 6.45) is 0. The zero-order chi connectivity index (χ0) is 35.5. The minimum absolute atomic E-state index is 0.134. The SMILES string of the molecule is CC1(C)c2cc3ccccc3cc2-c2c(-c3cc(-c4ccc5ccccc5c4)cc(-c4cc(-c5ccccc5)nc(-c5ccccc5)n4)c3)cccc21. The first-order valence-corrected chi connectivity index (χ1v) is 18.3. The number of hydrogen-bond acceptors (Lipinski definition) is 2. The molecule has 0 atom stereocenters. The molecule has 2 nitrogen and oxygen atoms in total. The van der Waals surface area contributed by atoms with Gasteiger partial charge in [0.05, 0.1) is 11.4 Å². The van der Waals surface area contributed by atoms with Gasteiger partial charge >= 0.3 is 0 Å². The van der Waals surface area contributed by atoms with Crippen LogP contribution in [-0.4, -0.2) is 9.97 Å². The maximum atomic E-state index is 5.27. The summed E-state index contributed by atoms with van der Waals surface area (Å²) in [5, 5.41) is 5.00. The first kappa shape index (κ1) is 31.1. The second-order valence-electron chi connectivity index (χ2n) is 14.7. The molecule has 1 aliphatic carbocycles. The molecule has 1 aliphatic rings. The van der Waals surface area contributed by atoms with E-state index in [2.05, 4.69) is 172 Å². The standard InChI is InChI=1S/C51H36N2/c1-51(2)45-23-13-22-43(49(45)44-30-37-20-11-12-21-38(37)31-46(44)51)41-27-40(39-25-24-33-14-9-10-19-36(33)26-39)28-42(29-41)48-32-47(34-15-5-3-6-16-34)52-50(53-48)35-17-7-4-8-18-35/h3-32H,1-2H3. The van der Waals surface area contributed by atoms with Crippen LogP contribution in [0.4, 0.5) is 0 Å². The van der Waals surface area contributed by atoms with Gasteiger partial charge in [-0.2, -0.15) is 0 Å². The molecule has 0 radical (unpaired) electrons. The Kier molecular flexibility index (Phi) is 7.19. The Morgan fingerprint density at radius 2 is 0.925 bits per heavy atom. The van der Waals surface area contributed by atoms with E-state index in [4.69, 9.17) is 9.97 Å². The van der Waals surface area contributed by atoms with Crippen molar-refractivity contribution in [1.29, 1.82) is 0 Å².